The Hall–Kier alpha value is -0.520. The maximum absolute atomic E-state index is 12.0. The highest BCUT2D eigenvalue weighted by Gasteiger charge is 2.62. The van der Waals surface area contributed by atoms with Gasteiger partial charge in [-0.1, -0.05) is 6.92 Å². The van der Waals surface area contributed by atoms with E-state index in [2.05, 4.69) is 0 Å². The van der Waals surface area contributed by atoms with E-state index in [0.717, 1.165) is 0 Å². The molecule has 0 aliphatic rings. The van der Waals surface area contributed by atoms with Gasteiger partial charge >= 0.3 is 11.0 Å². The highest BCUT2D eigenvalue weighted by Crippen LogP contribution is 2.37. The molecule has 0 rings (SSSR count). The molecule has 0 bridgehead atoms. The van der Waals surface area contributed by atoms with Crippen LogP contribution < -0.4 is 0 Å². The van der Waals surface area contributed by atoms with E-state index in [0.29, 0.717) is 6.92 Å². The van der Waals surface area contributed by atoms with Crippen LogP contribution in [0.25, 0.3) is 0 Å². The minimum Gasteiger partial charge on any atom is -0.218 e. The molecule has 12 heteroatoms. The molecule has 0 fully saturated rings. The van der Waals surface area contributed by atoms with Crippen LogP contribution in [0.5, 0.6) is 0 Å². The van der Waals surface area contributed by atoms with Gasteiger partial charge < -0.3 is 0 Å². The topological polar surface area (TPSA) is 68.3 Å². The zero-order valence-corrected chi connectivity index (χ0v) is 9.63. The van der Waals surface area contributed by atoms with E-state index >= 15 is 0 Å². The molecule has 4 nitrogen and oxygen atoms in total. The Kier molecular flexibility index (Phi) is 4.17. The highest BCUT2D eigenvalue weighted by atomic mass is 32.3. The number of sulfone groups is 2. The van der Waals surface area contributed by atoms with Gasteiger partial charge in [0.15, 0.2) is 4.58 Å². The fraction of sp³-hybridized carbons (Fsp3) is 1.00. The number of rotatable bonds is 3. The standard InChI is InChI=1S/C5H6F6O4S2/c1-2-3(16(12,13)4(6,7)8)17(14,15)5(9,10)11/h3H,2H2,1H3. The van der Waals surface area contributed by atoms with E-state index in [1.165, 1.54) is 0 Å². The van der Waals surface area contributed by atoms with Crippen LogP contribution in [0, 0.1) is 0 Å². The molecule has 0 aliphatic carbocycles. The lowest BCUT2D eigenvalue weighted by atomic mass is 10.6. The Bertz CT molecular complexity index is 426. The van der Waals surface area contributed by atoms with Crippen molar-refractivity contribution in [3.05, 3.63) is 0 Å². The molecule has 0 N–H and O–H groups in total. The highest BCUT2D eigenvalue weighted by molar-refractivity contribution is 8.09. The van der Waals surface area contributed by atoms with Gasteiger partial charge in [0, 0.05) is 0 Å². The molecule has 0 atom stereocenters. The lowest BCUT2D eigenvalue weighted by molar-refractivity contribution is -0.0472. The maximum atomic E-state index is 12.0. The van der Waals surface area contributed by atoms with Crippen LogP contribution in [0.1, 0.15) is 13.3 Å². The van der Waals surface area contributed by atoms with E-state index in [1.54, 1.807) is 0 Å². The SMILES string of the molecule is CCC(S(=O)(=O)C(F)(F)F)S(=O)(=O)C(F)(F)F. The summed E-state index contributed by atoms with van der Waals surface area (Å²) >= 11 is 0. The van der Waals surface area contributed by atoms with Gasteiger partial charge in [-0.2, -0.15) is 26.3 Å². The Morgan fingerprint density at radius 1 is 0.824 bits per heavy atom. The molecule has 17 heavy (non-hydrogen) atoms. The Morgan fingerprint density at radius 3 is 1.18 bits per heavy atom. The first kappa shape index (κ1) is 16.5. The molecular formula is C5H6F6O4S2. The van der Waals surface area contributed by atoms with Gasteiger partial charge in [-0.25, -0.2) is 16.8 Å². The number of halogens is 6. The third-order valence-corrected chi connectivity index (χ3v) is 6.53. The lowest BCUT2D eigenvalue weighted by Gasteiger charge is -2.19. The summed E-state index contributed by atoms with van der Waals surface area (Å²) in [5, 5.41) is 0. The van der Waals surface area contributed by atoms with Crippen molar-refractivity contribution in [2.45, 2.75) is 28.9 Å². The normalized spacial score (nSPS) is 15.3. The molecule has 0 aliphatic heterocycles. The van der Waals surface area contributed by atoms with Gasteiger partial charge in [-0.05, 0) is 6.42 Å². The monoisotopic (exact) mass is 308 g/mol. The summed E-state index contributed by atoms with van der Waals surface area (Å²) in [7, 11) is -12.9. The number of hydrogen-bond donors (Lipinski definition) is 0. The summed E-state index contributed by atoms with van der Waals surface area (Å²) in [6.45, 7) is 0.594. The van der Waals surface area contributed by atoms with Gasteiger partial charge in [0.05, 0.1) is 0 Å². The second kappa shape index (κ2) is 4.30. The Balaban J connectivity index is 5.90. The predicted molar refractivity (Wildman–Crippen MR) is 44.0 cm³/mol. The predicted octanol–water partition coefficient (Wildman–Crippen LogP) is 1.59. The van der Waals surface area contributed by atoms with Crippen molar-refractivity contribution in [1.82, 2.24) is 0 Å². The minimum atomic E-state index is -6.44. The largest absolute Gasteiger partial charge is 0.498 e. The van der Waals surface area contributed by atoms with Crippen molar-refractivity contribution in [3.8, 4) is 0 Å². The van der Waals surface area contributed by atoms with E-state index in [-0.39, 0.29) is 0 Å². The summed E-state index contributed by atoms with van der Waals surface area (Å²) in [6, 6.07) is 0. The van der Waals surface area contributed by atoms with Crippen LogP contribution in [0.2, 0.25) is 0 Å². The molecule has 0 radical (unpaired) electrons. The van der Waals surface area contributed by atoms with Crippen LogP contribution >= 0.6 is 0 Å². The van der Waals surface area contributed by atoms with E-state index in [1.807, 2.05) is 0 Å². The molecular weight excluding hydrogens is 302 g/mol. The van der Waals surface area contributed by atoms with Crippen molar-refractivity contribution in [3.63, 3.8) is 0 Å². The molecule has 0 saturated carbocycles. The molecule has 0 aromatic heterocycles. The smallest absolute Gasteiger partial charge is 0.218 e. The van der Waals surface area contributed by atoms with E-state index in [4.69, 9.17) is 0 Å². The van der Waals surface area contributed by atoms with Crippen LogP contribution in [0.4, 0.5) is 26.3 Å². The van der Waals surface area contributed by atoms with Gasteiger partial charge in [0.1, 0.15) is 0 Å². The molecule has 0 heterocycles. The summed E-state index contributed by atoms with van der Waals surface area (Å²) in [4.78, 5) is 0. The first-order valence-electron chi connectivity index (χ1n) is 3.80. The summed E-state index contributed by atoms with van der Waals surface area (Å²) < 4.78 is 111. The lowest BCUT2D eigenvalue weighted by Crippen LogP contribution is -2.44. The second-order valence-corrected chi connectivity index (χ2v) is 7.36. The first-order chi connectivity index (χ1) is 7.19. The maximum Gasteiger partial charge on any atom is 0.498 e. The van der Waals surface area contributed by atoms with Crippen LogP contribution in [-0.2, 0) is 19.7 Å². The molecule has 0 aromatic carbocycles. The Labute approximate surface area is 92.4 Å². The molecule has 0 aromatic rings. The number of hydrogen-bond acceptors (Lipinski definition) is 4. The quantitative estimate of drug-likeness (QED) is 0.743. The Morgan fingerprint density at radius 2 is 1.06 bits per heavy atom. The first-order valence-corrected chi connectivity index (χ1v) is 6.89. The third-order valence-electron chi connectivity index (χ3n) is 1.67. The number of alkyl halides is 6. The minimum absolute atomic E-state index is 0.594. The average molecular weight is 308 g/mol. The van der Waals surface area contributed by atoms with Crippen molar-refractivity contribution < 1.29 is 43.2 Å². The van der Waals surface area contributed by atoms with Gasteiger partial charge in [-0.15, -0.1) is 0 Å². The molecule has 104 valence electrons. The van der Waals surface area contributed by atoms with Crippen molar-refractivity contribution in [2.24, 2.45) is 0 Å². The van der Waals surface area contributed by atoms with Gasteiger partial charge in [0.2, 0.25) is 0 Å². The third kappa shape index (κ3) is 2.84. The van der Waals surface area contributed by atoms with Gasteiger partial charge in [-0.3, -0.25) is 0 Å². The average Bonchev–Trinajstić information content (AvgIpc) is 1.99. The molecule has 0 amide bonds. The zero-order valence-electron chi connectivity index (χ0n) is 8.00. The zero-order chi connectivity index (χ0) is 14.3. The molecule has 0 unspecified atom stereocenters. The van der Waals surface area contributed by atoms with Crippen LogP contribution in [0.3, 0.4) is 0 Å². The van der Waals surface area contributed by atoms with Crippen LogP contribution in [0.15, 0.2) is 0 Å². The fourth-order valence-corrected chi connectivity index (χ4v) is 4.37. The second-order valence-electron chi connectivity index (χ2n) is 2.82. The van der Waals surface area contributed by atoms with E-state index < -0.39 is 41.7 Å². The van der Waals surface area contributed by atoms with Crippen LogP contribution in [-0.4, -0.2) is 32.4 Å². The van der Waals surface area contributed by atoms with Gasteiger partial charge in [0.25, 0.3) is 19.7 Å². The molecule has 0 spiro atoms. The summed E-state index contributed by atoms with van der Waals surface area (Å²) in [6.07, 6.45) is -1.36. The molecule has 0 saturated heterocycles. The van der Waals surface area contributed by atoms with Crippen molar-refractivity contribution in [2.75, 3.05) is 0 Å². The summed E-state index contributed by atoms with van der Waals surface area (Å²) in [5.74, 6) is 0. The summed E-state index contributed by atoms with van der Waals surface area (Å²) in [5.41, 5.74) is -12.1. The van der Waals surface area contributed by atoms with E-state index in [9.17, 15) is 43.2 Å². The van der Waals surface area contributed by atoms with Crippen molar-refractivity contribution >= 4 is 19.7 Å². The fourth-order valence-electron chi connectivity index (χ4n) is 0.904. The van der Waals surface area contributed by atoms with Crippen molar-refractivity contribution in [1.29, 1.82) is 0 Å².